The number of ether oxygens (including phenoxy) is 1. The van der Waals surface area contributed by atoms with Crippen LogP contribution in [0.4, 0.5) is 4.39 Å². The maximum absolute atomic E-state index is 13.3. The molecular formula is C14H18FNO4S. The monoisotopic (exact) mass is 315 g/mol. The van der Waals surface area contributed by atoms with Gasteiger partial charge in [-0.05, 0) is 24.6 Å². The van der Waals surface area contributed by atoms with Gasteiger partial charge in [-0.1, -0.05) is 11.8 Å². The normalized spacial score (nSPS) is 11.3. The molecule has 0 radical (unpaired) electrons. The number of benzene rings is 1. The molecule has 0 saturated carbocycles. The number of hydrogen-bond acceptors (Lipinski definition) is 4. The Balaban J connectivity index is 3.12. The number of aliphatic hydroxyl groups excluding tert-OH is 1. The minimum absolute atomic E-state index is 0.0302. The highest BCUT2D eigenvalue weighted by Gasteiger charge is 2.23. The van der Waals surface area contributed by atoms with Crippen molar-refractivity contribution in [2.45, 2.75) is 11.3 Å². The lowest BCUT2D eigenvalue weighted by Crippen LogP contribution is -2.29. The predicted molar refractivity (Wildman–Crippen MR) is 76.7 cm³/mol. The summed E-state index contributed by atoms with van der Waals surface area (Å²) in [6, 6.07) is 3.29. The van der Waals surface area contributed by atoms with Gasteiger partial charge in [0.05, 0.1) is 4.90 Å². The lowest BCUT2D eigenvalue weighted by molar-refractivity contribution is 0.189. The van der Waals surface area contributed by atoms with Crippen molar-refractivity contribution in [2.24, 2.45) is 0 Å². The average Bonchev–Trinajstić information content (AvgIpc) is 2.45. The second-order valence-electron chi connectivity index (χ2n) is 4.27. The van der Waals surface area contributed by atoms with Crippen molar-refractivity contribution < 1.29 is 22.7 Å². The van der Waals surface area contributed by atoms with Gasteiger partial charge in [0, 0.05) is 32.9 Å². The first-order chi connectivity index (χ1) is 9.93. The highest BCUT2D eigenvalue weighted by molar-refractivity contribution is 7.89. The summed E-state index contributed by atoms with van der Waals surface area (Å²) in [5.74, 6) is 4.21. The molecule has 0 amide bonds. The highest BCUT2D eigenvalue weighted by atomic mass is 32.2. The van der Waals surface area contributed by atoms with Gasteiger partial charge in [0.1, 0.15) is 12.4 Å². The predicted octanol–water partition coefficient (Wildman–Crippen LogP) is 0.827. The van der Waals surface area contributed by atoms with Crippen molar-refractivity contribution in [3.05, 3.63) is 29.6 Å². The molecule has 0 heterocycles. The van der Waals surface area contributed by atoms with E-state index in [9.17, 15) is 12.8 Å². The molecule has 116 valence electrons. The minimum Gasteiger partial charge on any atom is -0.385 e. The van der Waals surface area contributed by atoms with Crippen LogP contribution in [-0.4, -0.2) is 51.7 Å². The molecular weight excluding hydrogens is 297 g/mol. The quantitative estimate of drug-likeness (QED) is 0.624. The molecule has 0 aliphatic carbocycles. The van der Waals surface area contributed by atoms with Crippen molar-refractivity contribution in [1.29, 1.82) is 0 Å². The van der Waals surface area contributed by atoms with Crippen LogP contribution in [0.25, 0.3) is 0 Å². The first kappa shape index (κ1) is 17.6. The molecule has 0 spiro atoms. The molecule has 1 rings (SSSR count). The van der Waals surface area contributed by atoms with Crippen molar-refractivity contribution in [3.63, 3.8) is 0 Å². The molecule has 0 fully saturated rings. The first-order valence-electron chi connectivity index (χ1n) is 6.28. The number of hydrogen-bond donors (Lipinski definition) is 1. The molecule has 5 nitrogen and oxygen atoms in total. The van der Waals surface area contributed by atoms with E-state index < -0.39 is 22.4 Å². The van der Waals surface area contributed by atoms with Crippen LogP contribution >= 0.6 is 0 Å². The van der Waals surface area contributed by atoms with Crippen LogP contribution in [0.1, 0.15) is 12.0 Å². The second kappa shape index (κ2) is 8.10. The summed E-state index contributed by atoms with van der Waals surface area (Å²) >= 11 is 0. The van der Waals surface area contributed by atoms with Gasteiger partial charge in [0.25, 0.3) is 0 Å². The molecule has 0 bridgehead atoms. The lowest BCUT2D eigenvalue weighted by Gasteiger charge is -2.18. The zero-order valence-electron chi connectivity index (χ0n) is 12.0. The number of sulfonamides is 1. The van der Waals surface area contributed by atoms with Crippen LogP contribution in [-0.2, 0) is 14.8 Å². The van der Waals surface area contributed by atoms with Gasteiger partial charge >= 0.3 is 0 Å². The molecule has 0 atom stereocenters. The van der Waals surface area contributed by atoms with Gasteiger partial charge in [-0.25, -0.2) is 17.1 Å². The maximum Gasteiger partial charge on any atom is 0.244 e. The number of nitrogens with zero attached hydrogens (tertiary/aromatic N) is 1. The molecule has 0 saturated heterocycles. The molecule has 0 aliphatic heterocycles. The van der Waals surface area contributed by atoms with Crippen LogP contribution in [0.5, 0.6) is 0 Å². The molecule has 7 heteroatoms. The zero-order valence-corrected chi connectivity index (χ0v) is 12.8. The van der Waals surface area contributed by atoms with Crippen LogP contribution < -0.4 is 0 Å². The van der Waals surface area contributed by atoms with E-state index in [0.29, 0.717) is 13.0 Å². The SMILES string of the molecule is COCCCN(C)S(=O)(=O)c1ccc(F)cc1C#CCO. The van der Waals surface area contributed by atoms with Crippen molar-refractivity contribution in [3.8, 4) is 11.8 Å². The molecule has 1 aromatic rings. The molecule has 21 heavy (non-hydrogen) atoms. The lowest BCUT2D eigenvalue weighted by atomic mass is 10.2. The van der Waals surface area contributed by atoms with Gasteiger partial charge in [-0.3, -0.25) is 0 Å². The topological polar surface area (TPSA) is 66.8 Å². The molecule has 0 aromatic heterocycles. The Morgan fingerprint density at radius 3 is 2.76 bits per heavy atom. The Hall–Kier alpha value is -1.46. The summed E-state index contributed by atoms with van der Waals surface area (Å²) in [5, 5.41) is 8.70. The van der Waals surface area contributed by atoms with Crippen LogP contribution in [0, 0.1) is 17.7 Å². The fraction of sp³-hybridized carbons (Fsp3) is 0.429. The third-order valence-corrected chi connectivity index (χ3v) is 4.67. The fourth-order valence-electron chi connectivity index (χ4n) is 1.68. The smallest absolute Gasteiger partial charge is 0.244 e. The Bertz CT molecular complexity index is 634. The first-order valence-corrected chi connectivity index (χ1v) is 7.72. The summed E-state index contributed by atoms with van der Waals surface area (Å²) in [4.78, 5) is -0.0789. The van der Waals surface area contributed by atoms with Gasteiger partial charge in [0.2, 0.25) is 10.0 Å². The summed E-state index contributed by atoms with van der Waals surface area (Å²) in [6.07, 6.45) is 0.547. The largest absolute Gasteiger partial charge is 0.385 e. The highest BCUT2D eigenvalue weighted by Crippen LogP contribution is 2.20. The Morgan fingerprint density at radius 2 is 2.14 bits per heavy atom. The van der Waals surface area contributed by atoms with Gasteiger partial charge < -0.3 is 9.84 Å². The molecule has 0 unspecified atom stereocenters. The Kier molecular flexibility index (Phi) is 6.78. The van der Waals surface area contributed by atoms with E-state index in [0.717, 1.165) is 12.1 Å². The number of aliphatic hydroxyl groups is 1. The van der Waals surface area contributed by atoms with Gasteiger partial charge in [0.15, 0.2) is 0 Å². The number of halogens is 1. The van der Waals surface area contributed by atoms with E-state index in [1.165, 1.54) is 24.5 Å². The zero-order chi connectivity index (χ0) is 15.9. The Labute approximate surface area is 124 Å². The number of methoxy groups -OCH3 is 1. The van der Waals surface area contributed by atoms with E-state index in [-0.39, 0.29) is 17.0 Å². The standard InChI is InChI=1S/C14H18FNO4S/c1-16(8-4-10-20-2)21(18,19)14-7-6-13(15)11-12(14)5-3-9-17/h6-7,11,17H,4,8-10H2,1-2H3. The van der Waals surface area contributed by atoms with E-state index in [1.807, 2.05) is 0 Å². The third-order valence-electron chi connectivity index (χ3n) is 2.75. The van der Waals surface area contributed by atoms with E-state index in [1.54, 1.807) is 0 Å². The molecule has 0 aliphatic rings. The van der Waals surface area contributed by atoms with Crippen LogP contribution in [0.2, 0.25) is 0 Å². The second-order valence-corrected chi connectivity index (χ2v) is 6.29. The average molecular weight is 315 g/mol. The van der Waals surface area contributed by atoms with Crippen LogP contribution in [0.3, 0.4) is 0 Å². The Morgan fingerprint density at radius 1 is 1.43 bits per heavy atom. The van der Waals surface area contributed by atoms with E-state index >= 15 is 0 Å². The summed E-state index contributed by atoms with van der Waals surface area (Å²) in [5.41, 5.74) is 0.0302. The summed E-state index contributed by atoms with van der Waals surface area (Å²) in [6.45, 7) is 0.292. The van der Waals surface area contributed by atoms with Crippen molar-refractivity contribution in [1.82, 2.24) is 4.31 Å². The maximum atomic E-state index is 13.3. The summed E-state index contributed by atoms with van der Waals surface area (Å²) in [7, 11) is -0.789. The van der Waals surface area contributed by atoms with Crippen LogP contribution in [0.15, 0.2) is 23.1 Å². The molecule has 1 N–H and O–H groups in total. The summed E-state index contributed by atoms with van der Waals surface area (Å²) < 4.78 is 44.2. The van der Waals surface area contributed by atoms with E-state index in [2.05, 4.69) is 11.8 Å². The third kappa shape index (κ3) is 4.79. The van der Waals surface area contributed by atoms with Gasteiger partial charge in [-0.2, -0.15) is 0 Å². The van der Waals surface area contributed by atoms with Gasteiger partial charge in [-0.15, -0.1) is 0 Å². The fourth-order valence-corrected chi connectivity index (χ4v) is 3.01. The van der Waals surface area contributed by atoms with E-state index in [4.69, 9.17) is 9.84 Å². The van der Waals surface area contributed by atoms with Crippen molar-refractivity contribution in [2.75, 3.05) is 33.9 Å². The molecule has 1 aromatic carbocycles. The number of rotatable bonds is 6. The minimum atomic E-state index is -3.77. The van der Waals surface area contributed by atoms with Crippen molar-refractivity contribution >= 4 is 10.0 Å².